The Bertz CT molecular complexity index is 1140. The first kappa shape index (κ1) is 19.7. The highest BCUT2D eigenvalue weighted by Gasteiger charge is 2.11. The number of ether oxygens (including phenoxy) is 1. The fourth-order valence-electron chi connectivity index (χ4n) is 3.07. The molecule has 0 saturated carbocycles. The first-order valence-electron chi connectivity index (χ1n) is 9.44. The summed E-state index contributed by atoms with van der Waals surface area (Å²) in [6, 6.07) is 19.2. The monoisotopic (exact) mass is 419 g/mol. The summed E-state index contributed by atoms with van der Waals surface area (Å²) >= 11 is 1.54. The second kappa shape index (κ2) is 8.84. The third kappa shape index (κ3) is 4.52. The van der Waals surface area contributed by atoms with Crippen molar-refractivity contribution >= 4 is 23.5 Å². The van der Waals surface area contributed by atoms with Gasteiger partial charge in [-0.15, -0.1) is 11.3 Å². The number of nitrogens with zero attached hydrogens (tertiary/aromatic N) is 2. The Kier molecular flexibility index (Phi) is 5.81. The van der Waals surface area contributed by atoms with Crippen LogP contribution < -0.4 is 10.2 Å². The van der Waals surface area contributed by atoms with Crippen LogP contribution in [-0.4, -0.2) is 16.7 Å². The Morgan fingerprint density at radius 1 is 1.10 bits per heavy atom. The summed E-state index contributed by atoms with van der Waals surface area (Å²) in [6.45, 7) is 4.39. The standard InChI is InChI=1S/C23H21N3O3S/c1-16-5-6-17(2)26(16)18-7-9-19(10-8-18)28-15-20-11-12-22(29-20)23(27)25-24-14-21-4-3-13-30-21/h3-14H,15H2,1-2H3,(H,25,27). The number of hydrogen-bond donors (Lipinski definition) is 1. The molecule has 0 saturated heterocycles. The zero-order valence-electron chi connectivity index (χ0n) is 16.7. The van der Waals surface area contributed by atoms with Crippen LogP contribution in [0.1, 0.15) is 32.6 Å². The molecule has 0 atom stereocenters. The molecular weight excluding hydrogens is 398 g/mol. The molecule has 0 fully saturated rings. The molecule has 6 nitrogen and oxygen atoms in total. The molecule has 0 bridgehead atoms. The van der Waals surface area contributed by atoms with Crippen LogP contribution in [0.5, 0.6) is 5.75 Å². The Morgan fingerprint density at radius 2 is 1.87 bits per heavy atom. The molecule has 0 aliphatic heterocycles. The van der Waals surface area contributed by atoms with Crippen molar-refractivity contribution in [2.75, 3.05) is 0 Å². The third-order valence-electron chi connectivity index (χ3n) is 4.53. The Morgan fingerprint density at radius 3 is 2.57 bits per heavy atom. The second-order valence-corrected chi connectivity index (χ2v) is 7.69. The molecule has 0 aliphatic carbocycles. The smallest absolute Gasteiger partial charge is 0.307 e. The molecule has 3 heterocycles. The Hall–Kier alpha value is -3.58. The maximum absolute atomic E-state index is 12.1. The van der Waals surface area contributed by atoms with E-state index in [0.29, 0.717) is 5.76 Å². The number of thiophene rings is 1. The van der Waals surface area contributed by atoms with Crippen molar-refractivity contribution in [3.05, 3.63) is 93.8 Å². The van der Waals surface area contributed by atoms with Crippen molar-refractivity contribution in [3.63, 3.8) is 0 Å². The van der Waals surface area contributed by atoms with E-state index in [-0.39, 0.29) is 12.4 Å². The Balaban J connectivity index is 1.32. The van der Waals surface area contributed by atoms with E-state index >= 15 is 0 Å². The van der Waals surface area contributed by atoms with Gasteiger partial charge in [0.05, 0.1) is 6.21 Å². The number of amides is 1. The van der Waals surface area contributed by atoms with Crippen LogP contribution >= 0.6 is 11.3 Å². The SMILES string of the molecule is Cc1ccc(C)n1-c1ccc(OCc2ccc(C(=O)NN=Cc3cccs3)o2)cc1. The number of rotatable bonds is 7. The third-order valence-corrected chi connectivity index (χ3v) is 5.34. The maximum Gasteiger partial charge on any atom is 0.307 e. The van der Waals surface area contributed by atoms with Crippen LogP contribution in [0.3, 0.4) is 0 Å². The van der Waals surface area contributed by atoms with Gasteiger partial charge in [0.2, 0.25) is 0 Å². The predicted octanol–water partition coefficient (Wildman–Crippen LogP) is 5.09. The minimum atomic E-state index is -0.407. The molecule has 7 heteroatoms. The normalized spacial score (nSPS) is 11.1. The van der Waals surface area contributed by atoms with E-state index in [4.69, 9.17) is 9.15 Å². The minimum Gasteiger partial charge on any atom is -0.486 e. The average Bonchev–Trinajstić information content (AvgIpc) is 3.49. The number of furan rings is 1. The van der Waals surface area contributed by atoms with Crippen molar-refractivity contribution < 1.29 is 13.9 Å². The van der Waals surface area contributed by atoms with Gasteiger partial charge in [-0.2, -0.15) is 5.10 Å². The molecule has 152 valence electrons. The quantitative estimate of drug-likeness (QED) is 0.335. The highest BCUT2D eigenvalue weighted by Crippen LogP contribution is 2.21. The van der Waals surface area contributed by atoms with Gasteiger partial charge in [-0.25, -0.2) is 5.43 Å². The van der Waals surface area contributed by atoms with Crippen molar-refractivity contribution in [1.82, 2.24) is 9.99 Å². The van der Waals surface area contributed by atoms with Gasteiger partial charge in [-0.3, -0.25) is 4.79 Å². The fourth-order valence-corrected chi connectivity index (χ4v) is 3.66. The molecule has 0 radical (unpaired) electrons. The summed E-state index contributed by atoms with van der Waals surface area (Å²) < 4.78 is 13.5. The predicted molar refractivity (Wildman–Crippen MR) is 118 cm³/mol. The van der Waals surface area contributed by atoms with Gasteiger partial charge in [-0.1, -0.05) is 6.07 Å². The fraction of sp³-hybridized carbons (Fsp3) is 0.130. The largest absolute Gasteiger partial charge is 0.486 e. The summed E-state index contributed by atoms with van der Waals surface area (Å²) in [6.07, 6.45) is 1.59. The van der Waals surface area contributed by atoms with Crippen LogP contribution in [0.15, 0.2) is 75.6 Å². The first-order chi connectivity index (χ1) is 14.6. The highest BCUT2D eigenvalue weighted by molar-refractivity contribution is 7.11. The second-order valence-electron chi connectivity index (χ2n) is 6.71. The summed E-state index contributed by atoms with van der Waals surface area (Å²) in [4.78, 5) is 13.1. The molecule has 0 aliphatic rings. The number of aromatic nitrogens is 1. The molecule has 4 rings (SSSR count). The van der Waals surface area contributed by atoms with Gasteiger partial charge in [0.25, 0.3) is 0 Å². The average molecular weight is 420 g/mol. The van der Waals surface area contributed by atoms with Crippen LogP contribution in [0.2, 0.25) is 0 Å². The molecule has 0 spiro atoms. The molecular formula is C23H21N3O3S. The lowest BCUT2D eigenvalue weighted by molar-refractivity contribution is 0.0923. The van der Waals surface area contributed by atoms with E-state index in [1.807, 2.05) is 41.8 Å². The molecule has 1 amide bonds. The van der Waals surface area contributed by atoms with Crippen LogP contribution in [0, 0.1) is 13.8 Å². The zero-order chi connectivity index (χ0) is 20.9. The lowest BCUT2D eigenvalue weighted by Gasteiger charge is -2.10. The maximum atomic E-state index is 12.1. The summed E-state index contributed by atoms with van der Waals surface area (Å²) in [5.74, 6) is 1.06. The number of carbonyl (C=O) groups is 1. The molecule has 0 unspecified atom stereocenters. The highest BCUT2D eigenvalue weighted by atomic mass is 32.1. The molecule has 30 heavy (non-hydrogen) atoms. The van der Waals surface area contributed by atoms with Gasteiger partial charge in [0.1, 0.15) is 18.1 Å². The van der Waals surface area contributed by atoms with E-state index in [0.717, 1.165) is 16.3 Å². The van der Waals surface area contributed by atoms with Gasteiger partial charge in [0, 0.05) is 22.0 Å². The van der Waals surface area contributed by atoms with Crippen LogP contribution in [0.4, 0.5) is 0 Å². The van der Waals surface area contributed by atoms with E-state index in [1.165, 1.54) is 22.7 Å². The van der Waals surface area contributed by atoms with Crippen molar-refractivity contribution in [3.8, 4) is 11.4 Å². The van der Waals surface area contributed by atoms with Gasteiger partial charge in [0.15, 0.2) is 5.76 Å². The number of hydrazone groups is 1. The van der Waals surface area contributed by atoms with Crippen LogP contribution in [0.25, 0.3) is 5.69 Å². The lowest BCUT2D eigenvalue weighted by atomic mass is 10.3. The minimum absolute atomic E-state index is 0.186. The molecule has 3 aromatic heterocycles. The summed E-state index contributed by atoms with van der Waals surface area (Å²) in [5, 5.41) is 5.87. The van der Waals surface area contributed by atoms with Gasteiger partial charge in [-0.05, 0) is 73.8 Å². The van der Waals surface area contributed by atoms with Crippen molar-refractivity contribution in [2.45, 2.75) is 20.5 Å². The van der Waals surface area contributed by atoms with E-state index in [9.17, 15) is 4.79 Å². The first-order valence-corrected chi connectivity index (χ1v) is 10.3. The molecule has 4 aromatic rings. The van der Waals surface area contributed by atoms with E-state index in [2.05, 4.69) is 41.1 Å². The number of hydrogen-bond acceptors (Lipinski definition) is 5. The molecule has 1 aromatic carbocycles. The number of benzene rings is 1. The number of aryl methyl sites for hydroxylation is 2. The lowest BCUT2D eigenvalue weighted by Crippen LogP contribution is -2.16. The van der Waals surface area contributed by atoms with Crippen LogP contribution in [-0.2, 0) is 6.61 Å². The number of nitrogens with one attached hydrogen (secondary N) is 1. The Labute approximate surface area is 178 Å². The topological polar surface area (TPSA) is 68.8 Å². The van der Waals surface area contributed by atoms with Gasteiger partial charge < -0.3 is 13.7 Å². The van der Waals surface area contributed by atoms with Crippen molar-refractivity contribution in [2.24, 2.45) is 5.10 Å². The molecule has 1 N–H and O–H groups in total. The van der Waals surface area contributed by atoms with Gasteiger partial charge >= 0.3 is 5.91 Å². The van der Waals surface area contributed by atoms with E-state index < -0.39 is 5.91 Å². The zero-order valence-corrected chi connectivity index (χ0v) is 17.5. The summed E-state index contributed by atoms with van der Waals surface area (Å²) in [5.41, 5.74) is 5.90. The number of carbonyl (C=O) groups excluding carboxylic acids is 1. The van der Waals surface area contributed by atoms with E-state index in [1.54, 1.807) is 18.3 Å². The van der Waals surface area contributed by atoms with Crippen molar-refractivity contribution in [1.29, 1.82) is 0 Å². The summed E-state index contributed by atoms with van der Waals surface area (Å²) in [7, 11) is 0.